The van der Waals surface area contributed by atoms with E-state index in [2.05, 4.69) is 199 Å². The van der Waals surface area contributed by atoms with E-state index in [9.17, 15) is 0 Å². The lowest BCUT2D eigenvalue weighted by atomic mass is 9.68. The molecule has 0 spiro atoms. The number of rotatable bonds is 6. The van der Waals surface area contributed by atoms with Crippen LogP contribution in [0.3, 0.4) is 0 Å². The molecule has 0 bridgehead atoms. The van der Waals surface area contributed by atoms with Gasteiger partial charge in [-0.15, -0.1) is 0 Å². The third kappa shape index (κ3) is 4.40. The van der Waals surface area contributed by atoms with Crippen LogP contribution in [0.15, 0.2) is 194 Å². The number of benzene rings is 8. The van der Waals surface area contributed by atoms with Crippen LogP contribution < -0.4 is 5.32 Å². The molecule has 0 aliphatic heterocycles. The minimum Gasteiger partial charge on any atom is -0.355 e. The topological polar surface area (TPSA) is 12.0 Å². The highest BCUT2D eigenvalue weighted by Gasteiger charge is 2.45. The van der Waals surface area contributed by atoms with Crippen molar-refractivity contribution in [3.8, 4) is 33.4 Å². The minimum atomic E-state index is -0.402. The predicted octanol–water partition coefficient (Wildman–Crippen LogP) is 12.3. The molecule has 48 heavy (non-hydrogen) atoms. The van der Waals surface area contributed by atoms with Crippen LogP contribution in [-0.4, -0.2) is 0 Å². The summed E-state index contributed by atoms with van der Waals surface area (Å²) in [4.78, 5) is 0. The summed E-state index contributed by atoms with van der Waals surface area (Å²) < 4.78 is 0. The molecule has 1 heteroatoms. The van der Waals surface area contributed by atoms with E-state index in [-0.39, 0.29) is 0 Å². The fourth-order valence-electron chi connectivity index (χ4n) is 7.92. The highest BCUT2D eigenvalue weighted by molar-refractivity contribution is 6.06. The quantitative estimate of drug-likeness (QED) is 0.197. The Morgan fingerprint density at radius 3 is 1.71 bits per heavy atom. The van der Waals surface area contributed by atoms with E-state index in [1.807, 2.05) is 0 Å². The Hall–Kier alpha value is -6.18. The molecule has 0 heterocycles. The lowest BCUT2D eigenvalue weighted by Crippen LogP contribution is -2.28. The standard InChI is InChI=1S/C47H33N/c1-4-17-34(18-5-1)46-38-23-11-10-16-33(38)28-30-41(46)40-25-13-15-27-45(40)48-37-29-31-44-42(32-37)39-24-12-14-26-43(39)47(44,35-19-6-2-7-20-35)36-21-8-3-9-22-36/h1-32,48H. The van der Waals surface area contributed by atoms with Crippen molar-refractivity contribution < 1.29 is 0 Å². The zero-order valence-electron chi connectivity index (χ0n) is 26.5. The fourth-order valence-corrected chi connectivity index (χ4v) is 7.92. The summed E-state index contributed by atoms with van der Waals surface area (Å²) in [5.41, 5.74) is 14.3. The van der Waals surface area contributed by atoms with Gasteiger partial charge in [-0.2, -0.15) is 0 Å². The van der Waals surface area contributed by atoms with Crippen LogP contribution in [0.2, 0.25) is 0 Å². The average molecular weight is 612 g/mol. The lowest BCUT2D eigenvalue weighted by Gasteiger charge is -2.33. The first-order valence-corrected chi connectivity index (χ1v) is 16.6. The third-order valence-electron chi connectivity index (χ3n) is 9.95. The summed E-state index contributed by atoms with van der Waals surface area (Å²) in [5.74, 6) is 0. The monoisotopic (exact) mass is 611 g/mol. The molecule has 0 amide bonds. The molecule has 0 radical (unpaired) electrons. The predicted molar refractivity (Wildman–Crippen MR) is 202 cm³/mol. The van der Waals surface area contributed by atoms with Gasteiger partial charge in [0.25, 0.3) is 0 Å². The Balaban J connectivity index is 1.21. The fraction of sp³-hybridized carbons (Fsp3) is 0.0213. The number of anilines is 2. The molecular weight excluding hydrogens is 579 g/mol. The molecule has 0 aromatic heterocycles. The molecule has 226 valence electrons. The van der Waals surface area contributed by atoms with Gasteiger partial charge in [0.2, 0.25) is 0 Å². The summed E-state index contributed by atoms with van der Waals surface area (Å²) >= 11 is 0. The Morgan fingerprint density at radius 1 is 0.375 bits per heavy atom. The number of nitrogens with one attached hydrogen (secondary N) is 1. The molecule has 1 aliphatic rings. The van der Waals surface area contributed by atoms with Crippen LogP contribution in [0.25, 0.3) is 44.2 Å². The van der Waals surface area contributed by atoms with Crippen molar-refractivity contribution in [1.82, 2.24) is 0 Å². The maximum atomic E-state index is 3.87. The van der Waals surface area contributed by atoms with E-state index >= 15 is 0 Å². The molecule has 0 atom stereocenters. The summed E-state index contributed by atoms with van der Waals surface area (Å²) in [6.45, 7) is 0. The molecule has 0 fully saturated rings. The van der Waals surface area contributed by atoms with E-state index in [0.29, 0.717) is 0 Å². The zero-order chi connectivity index (χ0) is 31.9. The first-order chi connectivity index (χ1) is 23.8. The number of fused-ring (bicyclic) bond motifs is 4. The van der Waals surface area contributed by atoms with Crippen LogP contribution in [0, 0.1) is 0 Å². The first kappa shape index (κ1) is 28.1. The molecule has 0 unspecified atom stereocenters. The third-order valence-corrected chi connectivity index (χ3v) is 9.95. The Labute approximate surface area is 281 Å². The maximum absolute atomic E-state index is 3.87. The van der Waals surface area contributed by atoms with Crippen molar-refractivity contribution in [2.24, 2.45) is 0 Å². The van der Waals surface area contributed by atoms with Crippen LogP contribution >= 0.6 is 0 Å². The molecular formula is C47H33N. The second-order valence-electron chi connectivity index (χ2n) is 12.5. The average Bonchev–Trinajstić information content (AvgIpc) is 3.46. The van der Waals surface area contributed by atoms with Gasteiger partial charge in [0.1, 0.15) is 0 Å². The second kappa shape index (κ2) is 11.6. The van der Waals surface area contributed by atoms with Crippen molar-refractivity contribution in [2.75, 3.05) is 5.32 Å². The van der Waals surface area contributed by atoms with Gasteiger partial charge in [0, 0.05) is 16.9 Å². The molecule has 8 aromatic rings. The molecule has 9 rings (SSSR count). The van der Waals surface area contributed by atoms with Gasteiger partial charge in [-0.1, -0.05) is 176 Å². The van der Waals surface area contributed by atoms with Gasteiger partial charge in [-0.05, 0) is 79.0 Å². The highest BCUT2D eigenvalue weighted by atomic mass is 14.9. The summed E-state index contributed by atoms with van der Waals surface area (Å²) in [6, 6.07) is 70.4. The maximum Gasteiger partial charge on any atom is 0.0713 e. The van der Waals surface area contributed by atoms with Gasteiger partial charge in [-0.3, -0.25) is 0 Å². The van der Waals surface area contributed by atoms with E-state index in [1.54, 1.807) is 0 Å². The largest absolute Gasteiger partial charge is 0.355 e. The Morgan fingerprint density at radius 2 is 0.958 bits per heavy atom. The van der Waals surface area contributed by atoms with E-state index < -0.39 is 5.41 Å². The van der Waals surface area contributed by atoms with Gasteiger partial charge >= 0.3 is 0 Å². The zero-order valence-corrected chi connectivity index (χ0v) is 26.5. The number of para-hydroxylation sites is 1. The normalized spacial score (nSPS) is 12.8. The van der Waals surface area contributed by atoms with Gasteiger partial charge in [0.15, 0.2) is 0 Å². The van der Waals surface area contributed by atoms with Crippen molar-refractivity contribution >= 4 is 22.1 Å². The Bertz CT molecular complexity index is 2370. The van der Waals surface area contributed by atoms with Crippen molar-refractivity contribution in [3.63, 3.8) is 0 Å². The van der Waals surface area contributed by atoms with E-state index in [0.717, 1.165) is 11.4 Å². The Kier molecular flexibility index (Phi) is 6.76. The molecule has 0 saturated carbocycles. The van der Waals surface area contributed by atoms with Crippen LogP contribution in [0.4, 0.5) is 11.4 Å². The summed E-state index contributed by atoms with van der Waals surface area (Å²) in [7, 11) is 0. The number of hydrogen-bond donors (Lipinski definition) is 1. The highest BCUT2D eigenvalue weighted by Crippen LogP contribution is 2.56. The molecule has 1 N–H and O–H groups in total. The van der Waals surface area contributed by atoms with Crippen LogP contribution in [0.1, 0.15) is 22.3 Å². The van der Waals surface area contributed by atoms with Gasteiger partial charge < -0.3 is 5.32 Å². The van der Waals surface area contributed by atoms with Crippen LogP contribution in [0.5, 0.6) is 0 Å². The van der Waals surface area contributed by atoms with Crippen molar-refractivity contribution in [2.45, 2.75) is 5.41 Å². The second-order valence-corrected chi connectivity index (χ2v) is 12.5. The summed E-state index contributed by atoms with van der Waals surface area (Å²) in [6.07, 6.45) is 0. The molecule has 1 nitrogen and oxygen atoms in total. The number of hydrogen-bond acceptors (Lipinski definition) is 1. The van der Waals surface area contributed by atoms with E-state index in [1.165, 1.54) is 66.4 Å². The summed E-state index contributed by atoms with van der Waals surface area (Å²) in [5, 5.41) is 6.36. The van der Waals surface area contributed by atoms with Gasteiger partial charge in [0.05, 0.1) is 5.41 Å². The smallest absolute Gasteiger partial charge is 0.0713 e. The van der Waals surface area contributed by atoms with E-state index in [4.69, 9.17) is 0 Å². The van der Waals surface area contributed by atoms with Gasteiger partial charge in [-0.25, -0.2) is 0 Å². The molecule has 1 aliphatic carbocycles. The SMILES string of the molecule is c1ccc(-c2c(-c3ccccc3Nc3ccc4c(c3)-c3ccccc3C4(c3ccccc3)c3ccccc3)ccc3ccccc23)cc1. The van der Waals surface area contributed by atoms with Crippen LogP contribution in [-0.2, 0) is 5.41 Å². The molecule has 0 saturated heterocycles. The first-order valence-electron chi connectivity index (χ1n) is 16.6. The van der Waals surface area contributed by atoms with Crippen molar-refractivity contribution in [1.29, 1.82) is 0 Å². The lowest BCUT2D eigenvalue weighted by molar-refractivity contribution is 0.768. The minimum absolute atomic E-state index is 0.402. The van der Waals surface area contributed by atoms with Crippen molar-refractivity contribution in [3.05, 3.63) is 216 Å². The molecule has 8 aromatic carbocycles.